The lowest BCUT2D eigenvalue weighted by Gasteiger charge is -2.13. The Morgan fingerprint density at radius 2 is 1.73 bits per heavy atom. The van der Waals surface area contributed by atoms with E-state index in [0.717, 1.165) is 20.9 Å². The van der Waals surface area contributed by atoms with Gasteiger partial charge in [-0.3, -0.25) is 14.1 Å². The standard InChI is InChI=1S/C18H13F5N6S/c19-16(20)29-13-4-2-1-3-12(13)25-14(29)9-30-17-27-26-15(11-5-7-24-8-6-11)28(17)10-18(21,22)23/h1-8,16H,9-10H2. The largest absolute Gasteiger partial charge is 0.406 e. The van der Waals surface area contributed by atoms with Crippen molar-refractivity contribution < 1.29 is 22.0 Å². The van der Waals surface area contributed by atoms with E-state index in [1.807, 2.05) is 0 Å². The Morgan fingerprint density at radius 1 is 1.00 bits per heavy atom. The summed E-state index contributed by atoms with van der Waals surface area (Å²) in [5.41, 5.74) is 1.04. The third-order valence-corrected chi connectivity index (χ3v) is 5.15. The van der Waals surface area contributed by atoms with Crippen LogP contribution in [0, 0.1) is 0 Å². The lowest BCUT2D eigenvalue weighted by molar-refractivity contribution is -0.141. The van der Waals surface area contributed by atoms with Gasteiger partial charge in [0.15, 0.2) is 11.0 Å². The topological polar surface area (TPSA) is 61.4 Å². The van der Waals surface area contributed by atoms with Crippen LogP contribution in [0.5, 0.6) is 0 Å². The Hall–Kier alpha value is -3.02. The number of fused-ring (bicyclic) bond motifs is 1. The maximum atomic E-state index is 13.6. The first-order valence-corrected chi connectivity index (χ1v) is 9.59. The number of pyridine rings is 1. The zero-order valence-corrected chi connectivity index (χ0v) is 15.9. The molecule has 0 atom stereocenters. The van der Waals surface area contributed by atoms with Gasteiger partial charge in [-0.25, -0.2) is 4.98 Å². The second kappa shape index (κ2) is 8.01. The molecule has 0 bridgehead atoms. The molecule has 0 radical (unpaired) electrons. The van der Waals surface area contributed by atoms with Crippen LogP contribution in [0.2, 0.25) is 0 Å². The SMILES string of the molecule is FC(F)n1c(CSc2nnc(-c3ccncc3)n2CC(F)(F)F)nc2ccccc21. The summed E-state index contributed by atoms with van der Waals surface area (Å²) in [4.78, 5) is 8.03. The summed E-state index contributed by atoms with van der Waals surface area (Å²) in [6.07, 6.45) is -1.66. The minimum atomic E-state index is -4.52. The number of imidazole rings is 1. The molecular weight excluding hydrogens is 427 g/mol. The van der Waals surface area contributed by atoms with Crippen molar-refractivity contribution in [3.8, 4) is 11.4 Å². The highest BCUT2D eigenvalue weighted by Crippen LogP contribution is 2.31. The first kappa shape index (κ1) is 20.3. The van der Waals surface area contributed by atoms with Gasteiger partial charge in [0.1, 0.15) is 12.4 Å². The number of hydrogen-bond donors (Lipinski definition) is 0. The molecule has 12 heteroatoms. The molecular formula is C18H13F5N6S. The minimum Gasteiger partial charge on any atom is -0.293 e. The van der Waals surface area contributed by atoms with E-state index in [1.165, 1.54) is 30.6 Å². The highest BCUT2D eigenvalue weighted by Gasteiger charge is 2.31. The molecule has 3 heterocycles. The predicted octanol–water partition coefficient (Wildman–Crippen LogP) is 4.94. The molecule has 0 fully saturated rings. The van der Waals surface area contributed by atoms with Crippen molar-refractivity contribution in [2.75, 3.05) is 0 Å². The molecule has 0 aliphatic carbocycles. The van der Waals surface area contributed by atoms with Gasteiger partial charge in [-0.05, 0) is 24.3 Å². The smallest absolute Gasteiger partial charge is 0.293 e. The fourth-order valence-corrected chi connectivity index (χ4v) is 3.84. The lowest BCUT2D eigenvalue weighted by Crippen LogP contribution is -2.19. The zero-order valence-electron chi connectivity index (χ0n) is 15.1. The van der Waals surface area contributed by atoms with Crippen molar-refractivity contribution in [2.45, 2.75) is 30.2 Å². The second-order valence-electron chi connectivity index (χ2n) is 6.20. The predicted molar refractivity (Wildman–Crippen MR) is 99.9 cm³/mol. The van der Waals surface area contributed by atoms with Crippen LogP contribution in [0.15, 0.2) is 53.9 Å². The number of aromatic nitrogens is 6. The summed E-state index contributed by atoms with van der Waals surface area (Å²) in [5.74, 6) is -0.0615. The second-order valence-corrected chi connectivity index (χ2v) is 7.14. The number of halogens is 5. The highest BCUT2D eigenvalue weighted by atomic mass is 32.2. The summed E-state index contributed by atoms with van der Waals surface area (Å²) in [5, 5.41) is 7.67. The number of nitrogens with zero attached hydrogens (tertiary/aromatic N) is 6. The molecule has 0 aliphatic heterocycles. The van der Waals surface area contributed by atoms with Crippen LogP contribution in [0.4, 0.5) is 22.0 Å². The van der Waals surface area contributed by atoms with Gasteiger partial charge in [-0.2, -0.15) is 22.0 Å². The van der Waals surface area contributed by atoms with Crippen molar-refractivity contribution in [3.05, 3.63) is 54.6 Å². The van der Waals surface area contributed by atoms with Gasteiger partial charge < -0.3 is 0 Å². The Morgan fingerprint density at radius 3 is 2.43 bits per heavy atom. The summed E-state index contributed by atoms with van der Waals surface area (Å²) in [7, 11) is 0. The van der Waals surface area contributed by atoms with Crippen LogP contribution in [0.1, 0.15) is 12.4 Å². The Kier molecular flexibility index (Phi) is 5.41. The fraction of sp³-hybridized carbons (Fsp3) is 0.222. The van der Waals surface area contributed by atoms with Crippen LogP contribution < -0.4 is 0 Å². The maximum Gasteiger partial charge on any atom is 0.406 e. The third-order valence-electron chi connectivity index (χ3n) is 4.19. The van der Waals surface area contributed by atoms with Crippen LogP contribution in [0.25, 0.3) is 22.4 Å². The molecule has 0 aliphatic rings. The van der Waals surface area contributed by atoms with Gasteiger partial charge in [0, 0.05) is 18.0 Å². The van der Waals surface area contributed by atoms with Gasteiger partial charge in [-0.1, -0.05) is 23.9 Å². The lowest BCUT2D eigenvalue weighted by atomic mass is 10.2. The quantitative estimate of drug-likeness (QED) is 0.314. The third kappa shape index (κ3) is 4.13. The van der Waals surface area contributed by atoms with Crippen molar-refractivity contribution >= 4 is 22.8 Å². The van der Waals surface area contributed by atoms with E-state index < -0.39 is 19.3 Å². The fourth-order valence-electron chi connectivity index (χ4n) is 2.97. The molecule has 4 rings (SSSR count). The Labute approximate surface area is 170 Å². The molecule has 1 aromatic carbocycles. The Balaban J connectivity index is 1.68. The maximum absolute atomic E-state index is 13.6. The molecule has 30 heavy (non-hydrogen) atoms. The molecule has 0 saturated heterocycles. The number of rotatable bonds is 6. The van der Waals surface area contributed by atoms with Crippen LogP contribution in [-0.4, -0.2) is 35.5 Å². The van der Waals surface area contributed by atoms with E-state index in [1.54, 1.807) is 18.2 Å². The van der Waals surface area contributed by atoms with Crippen molar-refractivity contribution in [1.29, 1.82) is 0 Å². The summed E-state index contributed by atoms with van der Waals surface area (Å²) in [6, 6.07) is 9.42. The molecule has 3 aromatic heterocycles. The first-order chi connectivity index (χ1) is 14.3. The number of hydrogen-bond acceptors (Lipinski definition) is 5. The molecule has 0 N–H and O–H groups in total. The van der Waals surface area contributed by atoms with Crippen LogP contribution >= 0.6 is 11.8 Å². The molecule has 6 nitrogen and oxygen atoms in total. The molecule has 0 amide bonds. The van der Waals surface area contributed by atoms with E-state index in [2.05, 4.69) is 20.2 Å². The van der Waals surface area contributed by atoms with E-state index >= 15 is 0 Å². The zero-order chi connectivity index (χ0) is 21.3. The molecule has 0 spiro atoms. The van der Waals surface area contributed by atoms with Crippen LogP contribution in [0.3, 0.4) is 0 Å². The van der Waals surface area contributed by atoms with E-state index in [4.69, 9.17) is 0 Å². The van der Waals surface area contributed by atoms with E-state index in [9.17, 15) is 22.0 Å². The van der Waals surface area contributed by atoms with E-state index in [-0.39, 0.29) is 28.1 Å². The number of thioether (sulfide) groups is 1. The molecule has 0 unspecified atom stereocenters. The normalized spacial score (nSPS) is 12.2. The summed E-state index contributed by atoms with van der Waals surface area (Å²) in [6.45, 7) is -4.15. The van der Waals surface area contributed by atoms with Gasteiger partial charge in [-0.15, -0.1) is 10.2 Å². The van der Waals surface area contributed by atoms with Crippen molar-refractivity contribution in [3.63, 3.8) is 0 Å². The number of benzene rings is 1. The van der Waals surface area contributed by atoms with Gasteiger partial charge >= 0.3 is 12.7 Å². The van der Waals surface area contributed by atoms with E-state index in [0.29, 0.717) is 11.1 Å². The first-order valence-electron chi connectivity index (χ1n) is 8.60. The Bertz CT molecular complexity index is 1160. The average Bonchev–Trinajstić information content (AvgIpc) is 3.26. The molecule has 4 aromatic rings. The highest BCUT2D eigenvalue weighted by molar-refractivity contribution is 7.98. The van der Waals surface area contributed by atoms with Crippen molar-refractivity contribution in [2.24, 2.45) is 0 Å². The van der Waals surface area contributed by atoms with Gasteiger partial charge in [0.05, 0.1) is 16.8 Å². The molecule has 0 saturated carbocycles. The van der Waals surface area contributed by atoms with Crippen molar-refractivity contribution in [1.82, 2.24) is 29.3 Å². The van der Waals surface area contributed by atoms with Gasteiger partial charge in [0.25, 0.3) is 0 Å². The van der Waals surface area contributed by atoms with Crippen LogP contribution in [-0.2, 0) is 12.3 Å². The minimum absolute atomic E-state index is 0.0135. The monoisotopic (exact) mass is 440 g/mol. The summed E-state index contributed by atoms with van der Waals surface area (Å²) >= 11 is 0.860. The average molecular weight is 440 g/mol. The number of alkyl halides is 5. The molecule has 156 valence electrons. The number of para-hydroxylation sites is 2. The van der Waals surface area contributed by atoms with Gasteiger partial charge in [0.2, 0.25) is 0 Å². The summed E-state index contributed by atoms with van der Waals surface area (Å²) < 4.78 is 68.3.